The van der Waals surface area contributed by atoms with E-state index in [0.717, 1.165) is 5.69 Å². The first-order chi connectivity index (χ1) is 16.9. The number of nitrogens with one attached hydrogen (secondary N) is 1. The lowest BCUT2D eigenvalue weighted by Crippen LogP contribution is -2.48. The maximum absolute atomic E-state index is 12.7. The molecule has 3 aromatic carbocycles. The quantitative estimate of drug-likeness (QED) is 0.478. The van der Waals surface area contributed by atoms with E-state index in [4.69, 9.17) is 16.3 Å². The van der Waals surface area contributed by atoms with Crippen LogP contribution in [0.3, 0.4) is 0 Å². The Balaban J connectivity index is 1.28. The van der Waals surface area contributed by atoms with Crippen LogP contribution >= 0.6 is 11.6 Å². The summed E-state index contributed by atoms with van der Waals surface area (Å²) in [7, 11) is 0. The lowest BCUT2D eigenvalue weighted by atomic mass is 10.0. The Morgan fingerprint density at radius 1 is 0.943 bits per heavy atom. The van der Waals surface area contributed by atoms with Gasteiger partial charge in [-0.25, -0.2) is 0 Å². The minimum Gasteiger partial charge on any atom is -0.484 e. The molecule has 0 spiro atoms. The van der Waals surface area contributed by atoms with Gasteiger partial charge in [0, 0.05) is 37.4 Å². The summed E-state index contributed by atoms with van der Waals surface area (Å²) in [5.74, 6) is 0.894. The molecule has 0 saturated carbocycles. The van der Waals surface area contributed by atoms with Gasteiger partial charge in [0.1, 0.15) is 5.75 Å². The summed E-state index contributed by atoms with van der Waals surface area (Å²) in [4.78, 5) is 29.0. The third-order valence-electron chi connectivity index (χ3n) is 6.08. The fourth-order valence-corrected chi connectivity index (χ4v) is 4.35. The Labute approximate surface area is 211 Å². The van der Waals surface area contributed by atoms with Gasteiger partial charge in [-0.2, -0.15) is 0 Å². The largest absolute Gasteiger partial charge is 0.484 e. The zero-order chi connectivity index (χ0) is 24.8. The number of piperazine rings is 1. The van der Waals surface area contributed by atoms with Crippen LogP contribution in [0.2, 0.25) is 5.02 Å². The topological polar surface area (TPSA) is 61.9 Å². The molecule has 1 aliphatic heterocycles. The van der Waals surface area contributed by atoms with E-state index in [0.29, 0.717) is 54.1 Å². The highest BCUT2D eigenvalue weighted by molar-refractivity contribution is 6.33. The Bertz CT molecular complexity index is 1160. The fraction of sp³-hybridized carbons (Fsp3) is 0.286. The second-order valence-electron chi connectivity index (χ2n) is 8.87. The second kappa shape index (κ2) is 11.3. The molecule has 2 amide bonds. The zero-order valence-electron chi connectivity index (χ0n) is 20.0. The van der Waals surface area contributed by atoms with E-state index < -0.39 is 0 Å². The van der Waals surface area contributed by atoms with E-state index in [9.17, 15) is 9.59 Å². The molecule has 35 heavy (non-hydrogen) atoms. The Morgan fingerprint density at radius 3 is 2.26 bits per heavy atom. The van der Waals surface area contributed by atoms with Crippen molar-refractivity contribution >= 4 is 34.8 Å². The molecule has 0 aromatic heterocycles. The van der Waals surface area contributed by atoms with Crippen LogP contribution in [-0.2, 0) is 4.79 Å². The third kappa shape index (κ3) is 6.34. The average molecular weight is 492 g/mol. The minimum absolute atomic E-state index is 0.0486. The van der Waals surface area contributed by atoms with Crippen molar-refractivity contribution in [1.29, 1.82) is 0 Å². The van der Waals surface area contributed by atoms with Crippen molar-refractivity contribution in [3.8, 4) is 5.75 Å². The van der Waals surface area contributed by atoms with Gasteiger partial charge in [0.05, 0.1) is 10.7 Å². The SMILES string of the molecule is CC(C)c1ccc(OCC(=O)Nc2ccc(N3CCN(C(=O)c4ccccc4)CC3)c(Cl)c2)cc1. The van der Waals surface area contributed by atoms with Gasteiger partial charge in [-0.05, 0) is 53.9 Å². The van der Waals surface area contributed by atoms with Gasteiger partial charge >= 0.3 is 0 Å². The van der Waals surface area contributed by atoms with E-state index in [-0.39, 0.29) is 18.4 Å². The van der Waals surface area contributed by atoms with Gasteiger partial charge in [0.2, 0.25) is 0 Å². The molecule has 1 aliphatic rings. The molecule has 1 fully saturated rings. The molecule has 0 bridgehead atoms. The molecular weight excluding hydrogens is 462 g/mol. The normalized spacial score (nSPS) is 13.6. The summed E-state index contributed by atoms with van der Waals surface area (Å²) in [6.45, 7) is 6.80. The summed E-state index contributed by atoms with van der Waals surface area (Å²) in [5.41, 5.74) is 3.43. The van der Waals surface area contributed by atoms with E-state index in [1.54, 1.807) is 6.07 Å². The molecule has 6 nitrogen and oxygen atoms in total. The van der Waals surface area contributed by atoms with Gasteiger partial charge in [0.25, 0.3) is 11.8 Å². The number of nitrogens with zero attached hydrogens (tertiary/aromatic N) is 2. The van der Waals surface area contributed by atoms with Crippen LogP contribution in [0.5, 0.6) is 5.75 Å². The lowest BCUT2D eigenvalue weighted by Gasteiger charge is -2.36. The number of carbonyl (C=O) groups is 2. The number of hydrogen-bond donors (Lipinski definition) is 1. The molecule has 1 saturated heterocycles. The second-order valence-corrected chi connectivity index (χ2v) is 9.28. The molecule has 182 valence electrons. The Kier molecular flexibility index (Phi) is 7.93. The number of rotatable bonds is 7. The maximum Gasteiger partial charge on any atom is 0.262 e. The van der Waals surface area contributed by atoms with Crippen molar-refractivity contribution in [1.82, 2.24) is 4.90 Å². The first-order valence-corrected chi connectivity index (χ1v) is 12.2. The van der Waals surface area contributed by atoms with E-state index in [2.05, 4.69) is 24.1 Å². The molecule has 0 unspecified atom stereocenters. The highest BCUT2D eigenvalue weighted by Crippen LogP contribution is 2.30. The predicted octanol–water partition coefficient (Wildman–Crippen LogP) is 5.44. The maximum atomic E-state index is 12.7. The molecule has 1 heterocycles. The van der Waals surface area contributed by atoms with Crippen molar-refractivity contribution in [2.45, 2.75) is 19.8 Å². The van der Waals surface area contributed by atoms with Crippen LogP contribution in [0.15, 0.2) is 72.8 Å². The minimum atomic E-state index is -0.255. The van der Waals surface area contributed by atoms with Gasteiger partial charge in [-0.1, -0.05) is 55.8 Å². The van der Waals surface area contributed by atoms with Crippen molar-refractivity contribution in [3.05, 3.63) is 88.9 Å². The molecule has 0 aliphatic carbocycles. The summed E-state index contributed by atoms with van der Waals surface area (Å²) < 4.78 is 5.60. The fourth-order valence-electron chi connectivity index (χ4n) is 4.05. The monoisotopic (exact) mass is 491 g/mol. The number of ether oxygens (including phenoxy) is 1. The first kappa shape index (κ1) is 24.6. The molecule has 0 atom stereocenters. The third-order valence-corrected chi connectivity index (χ3v) is 6.38. The van der Waals surface area contributed by atoms with Gasteiger partial charge in [0.15, 0.2) is 6.61 Å². The van der Waals surface area contributed by atoms with E-state index in [1.165, 1.54) is 5.56 Å². The van der Waals surface area contributed by atoms with Gasteiger partial charge in [-0.3, -0.25) is 9.59 Å². The molecule has 1 N–H and O–H groups in total. The van der Waals surface area contributed by atoms with Crippen LogP contribution in [0.4, 0.5) is 11.4 Å². The lowest BCUT2D eigenvalue weighted by molar-refractivity contribution is -0.118. The number of amides is 2. The summed E-state index contributed by atoms with van der Waals surface area (Å²) >= 11 is 6.55. The highest BCUT2D eigenvalue weighted by Gasteiger charge is 2.23. The van der Waals surface area contributed by atoms with Crippen molar-refractivity contribution in [2.24, 2.45) is 0 Å². The number of carbonyl (C=O) groups excluding carboxylic acids is 2. The number of halogens is 1. The van der Waals surface area contributed by atoms with Crippen LogP contribution in [-0.4, -0.2) is 49.5 Å². The standard InChI is InChI=1S/C28H30ClN3O3/c1-20(2)21-8-11-24(12-9-21)35-19-27(33)30-23-10-13-26(25(29)18-23)31-14-16-32(17-15-31)28(34)22-6-4-3-5-7-22/h3-13,18,20H,14-17,19H2,1-2H3,(H,30,33). The first-order valence-electron chi connectivity index (χ1n) is 11.8. The van der Waals surface area contributed by atoms with Crippen molar-refractivity contribution in [3.63, 3.8) is 0 Å². The Hall–Kier alpha value is -3.51. The summed E-state index contributed by atoms with van der Waals surface area (Å²) in [5, 5.41) is 3.38. The summed E-state index contributed by atoms with van der Waals surface area (Å²) in [6, 6.07) is 22.6. The smallest absolute Gasteiger partial charge is 0.262 e. The van der Waals surface area contributed by atoms with Crippen LogP contribution in [0, 0.1) is 0 Å². The Morgan fingerprint density at radius 2 is 1.63 bits per heavy atom. The number of anilines is 2. The van der Waals surface area contributed by atoms with E-state index >= 15 is 0 Å². The van der Waals surface area contributed by atoms with Crippen molar-refractivity contribution in [2.75, 3.05) is 43.0 Å². The predicted molar refractivity (Wildman–Crippen MR) is 141 cm³/mol. The number of benzene rings is 3. The average Bonchev–Trinajstić information content (AvgIpc) is 2.88. The molecular formula is C28H30ClN3O3. The molecule has 4 rings (SSSR count). The molecule has 3 aromatic rings. The van der Waals surface area contributed by atoms with Crippen LogP contribution in [0.1, 0.15) is 35.7 Å². The zero-order valence-corrected chi connectivity index (χ0v) is 20.8. The van der Waals surface area contributed by atoms with E-state index in [1.807, 2.05) is 71.6 Å². The number of hydrogen-bond acceptors (Lipinski definition) is 4. The van der Waals surface area contributed by atoms with Gasteiger partial charge in [-0.15, -0.1) is 0 Å². The molecule has 0 radical (unpaired) electrons. The van der Waals surface area contributed by atoms with Crippen molar-refractivity contribution < 1.29 is 14.3 Å². The van der Waals surface area contributed by atoms with Crippen LogP contribution < -0.4 is 15.0 Å². The van der Waals surface area contributed by atoms with Crippen LogP contribution in [0.25, 0.3) is 0 Å². The highest BCUT2D eigenvalue weighted by atomic mass is 35.5. The summed E-state index contributed by atoms with van der Waals surface area (Å²) in [6.07, 6.45) is 0. The van der Waals surface area contributed by atoms with Gasteiger partial charge < -0.3 is 19.9 Å². The molecule has 7 heteroatoms.